The number of halogens is 3. The van der Waals surface area contributed by atoms with Crippen LogP contribution in [-0.2, 0) is 0 Å². The summed E-state index contributed by atoms with van der Waals surface area (Å²) in [7, 11) is 0. The van der Waals surface area contributed by atoms with Crippen LogP contribution >= 0.6 is 22.9 Å². The molecule has 0 spiro atoms. The van der Waals surface area contributed by atoms with Crippen LogP contribution in [0.15, 0.2) is 42.5 Å². The van der Waals surface area contributed by atoms with E-state index in [9.17, 15) is 13.6 Å². The Morgan fingerprint density at radius 2 is 1.70 bits per heavy atom. The van der Waals surface area contributed by atoms with E-state index < -0.39 is 23.1 Å². The minimum Gasteiger partial charge on any atom is -0.296 e. The van der Waals surface area contributed by atoms with Gasteiger partial charge in [-0.1, -0.05) is 41.1 Å². The highest BCUT2D eigenvalue weighted by molar-refractivity contribution is 7.18. The smallest absolute Gasteiger partial charge is 0.263 e. The van der Waals surface area contributed by atoms with Gasteiger partial charge in [0.15, 0.2) is 0 Å². The summed E-state index contributed by atoms with van der Waals surface area (Å²) in [6.45, 7) is 0. The first kappa shape index (κ1) is 15.5. The maximum atomic E-state index is 13.6. The molecule has 3 rings (SSSR count). The van der Waals surface area contributed by atoms with Crippen molar-refractivity contribution in [1.29, 1.82) is 0 Å². The maximum Gasteiger partial charge on any atom is 0.263 e. The Balaban J connectivity index is 1.82. The number of carbonyl (C=O) groups is 1. The van der Waals surface area contributed by atoms with Gasteiger partial charge in [-0.3, -0.25) is 10.1 Å². The lowest BCUT2D eigenvalue weighted by Crippen LogP contribution is -2.15. The van der Waals surface area contributed by atoms with Gasteiger partial charge in [0.2, 0.25) is 5.13 Å². The number of anilines is 1. The van der Waals surface area contributed by atoms with E-state index in [-0.39, 0.29) is 5.13 Å². The van der Waals surface area contributed by atoms with Gasteiger partial charge in [-0.25, -0.2) is 8.78 Å². The van der Waals surface area contributed by atoms with Gasteiger partial charge in [0, 0.05) is 10.6 Å². The molecule has 3 aromatic rings. The highest BCUT2D eigenvalue weighted by atomic mass is 35.5. The zero-order chi connectivity index (χ0) is 16.4. The number of carbonyl (C=O) groups excluding carboxylic acids is 1. The van der Waals surface area contributed by atoms with Gasteiger partial charge in [0.05, 0.1) is 0 Å². The third-order valence-corrected chi connectivity index (χ3v) is 4.07. The average Bonchev–Trinajstić information content (AvgIpc) is 2.96. The first-order valence-corrected chi connectivity index (χ1v) is 7.59. The Labute approximate surface area is 138 Å². The van der Waals surface area contributed by atoms with Crippen molar-refractivity contribution < 1.29 is 13.6 Å². The first-order chi connectivity index (χ1) is 11.0. The lowest BCUT2D eigenvalue weighted by Gasteiger charge is -2.03. The topological polar surface area (TPSA) is 54.9 Å². The molecule has 0 saturated heterocycles. The number of nitrogens with one attached hydrogen (secondary N) is 1. The van der Waals surface area contributed by atoms with E-state index >= 15 is 0 Å². The summed E-state index contributed by atoms with van der Waals surface area (Å²) >= 11 is 6.89. The summed E-state index contributed by atoms with van der Waals surface area (Å²) < 4.78 is 27.1. The van der Waals surface area contributed by atoms with Gasteiger partial charge in [-0.15, -0.1) is 10.2 Å². The van der Waals surface area contributed by atoms with E-state index in [4.69, 9.17) is 11.6 Å². The van der Waals surface area contributed by atoms with E-state index in [2.05, 4.69) is 15.5 Å². The van der Waals surface area contributed by atoms with Crippen LogP contribution in [0.2, 0.25) is 5.02 Å². The summed E-state index contributed by atoms with van der Waals surface area (Å²) in [6.07, 6.45) is 0. The van der Waals surface area contributed by atoms with E-state index in [1.54, 1.807) is 24.3 Å². The van der Waals surface area contributed by atoms with Crippen molar-refractivity contribution >= 4 is 34.0 Å². The van der Waals surface area contributed by atoms with Crippen molar-refractivity contribution in [1.82, 2.24) is 10.2 Å². The molecule has 0 aliphatic carbocycles. The van der Waals surface area contributed by atoms with Crippen LogP contribution in [0.5, 0.6) is 0 Å². The summed E-state index contributed by atoms with van der Waals surface area (Å²) in [5.41, 5.74) is 0.111. The molecule has 1 heterocycles. The van der Waals surface area contributed by atoms with Gasteiger partial charge in [0.25, 0.3) is 5.91 Å². The molecule has 0 atom stereocenters. The number of aromatic nitrogens is 2. The molecule has 0 bridgehead atoms. The molecule has 0 unspecified atom stereocenters. The van der Waals surface area contributed by atoms with Crippen LogP contribution in [0.4, 0.5) is 13.9 Å². The van der Waals surface area contributed by atoms with Crippen molar-refractivity contribution in [2.45, 2.75) is 0 Å². The Bertz CT molecular complexity index is 847. The highest BCUT2D eigenvalue weighted by Gasteiger charge is 2.18. The zero-order valence-corrected chi connectivity index (χ0v) is 13.0. The molecule has 4 nitrogen and oxygen atoms in total. The van der Waals surface area contributed by atoms with Crippen molar-refractivity contribution in [3.05, 3.63) is 64.7 Å². The van der Waals surface area contributed by atoms with E-state index in [1.165, 1.54) is 6.07 Å². The average molecular weight is 352 g/mol. The minimum absolute atomic E-state index is 0.141. The number of amides is 1. The van der Waals surface area contributed by atoms with E-state index in [0.29, 0.717) is 10.0 Å². The standard InChI is InChI=1S/C15H8ClF2N3OS/c16-9-6-4-8(5-7-9)14-20-21-15(23-14)19-13(22)12-10(17)2-1-3-11(12)18/h1-7H,(H,19,21,22). The highest BCUT2D eigenvalue weighted by Crippen LogP contribution is 2.27. The molecule has 1 aromatic heterocycles. The summed E-state index contributed by atoms with van der Waals surface area (Å²) in [6, 6.07) is 10.1. The SMILES string of the molecule is O=C(Nc1nnc(-c2ccc(Cl)cc2)s1)c1c(F)cccc1F. The first-order valence-electron chi connectivity index (χ1n) is 6.39. The van der Waals surface area contributed by atoms with Crippen molar-refractivity contribution in [3.63, 3.8) is 0 Å². The predicted octanol–water partition coefficient (Wildman–Crippen LogP) is 4.39. The van der Waals surface area contributed by atoms with Crippen LogP contribution in [0.25, 0.3) is 10.6 Å². The summed E-state index contributed by atoms with van der Waals surface area (Å²) in [5.74, 6) is -2.80. The van der Waals surface area contributed by atoms with Crippen molar-refractivity contribution in [2.75, 3.05) is 5.32 Å². The van der Waals surface area contributed by atoms with Gasteiger partial charge < -0.3 is 0 Å². The third-order valence-electron chi connectivity index (χ3n) is 2.93. The fraction of sp³-hybridized carbons (Fsp3) is 0. The number of rotatable bonds is 3. The normalized spacial score (nSPS) is 10.6. The summed E-state index contributed by atoms with van der Waals surface area (Å²) in [4.78, 5) is 12.0. The van der Waals surface area contributed by atoms with E-state index in [1.807, 2.05) is 0 Å². The molecule has 1 amide bonds. The predicted molar refractivity (Wildman–Crippen MR) is 84.7 cm³/mol. The maximum absolute atomic E-state index is 13.6. The molecule has 0 fully saturated rings. The molecular formula is C15H8ClF2N3OS. The molecule has 23 heavy (non-hydrogen) atoms. The van der Waals surface area contributed by atoms with Crippen molar-refractivity contribution in [2.24, 2.45) is 0 Å². The molecule has 0 radical (unpaired) electrons. The molecule has 2 aromatic carbocycles. The van der Waals surface area contributed by atoms with Crippen LogP contribution in [0.1, 0.15) is 10.4 Å². The molecule has 0 aliphatic heterocycles. The molecule has 8 heteroatoms. The number of benzene rings is 2. The number of nitrogens with zero attached hydrogens (tertiary/aromatic N) is 2. The van der Waals surface area contributed by atoms with Gasteiger partial charge in [0.1, 0.15) is 22.2 Å². The monoisotopic (exact) mass is 351 g/mol. The molecule has 0 saturated carbocycles. The number of hydrogen-bond donors (Lipinski definition) is 1. The Hall–Kier alpha value is -2.38. The molecule has 116 valence electrons. The molecule has 0 aliphatic rings. The summed E-state index contributed by atoms with van der Waals surface area (Å²) in [5, 5.41) is 11.3. The fourth-order valence-electron chi connectivity index (χ4n) is 1.86. The second kappa shape index (κ2) is 6.39. The van der Waals surface area contributed by atoms with Crippen LogP contribution < -0.4 is 5.32 Å². The Morgan fingerprint density at radius 3 is 2.35 bits per heavy atom. The Morgan fingerprint density at radius 1 is 1.04 bits per heavy atom. The van der Waals surface area contributed by atoms with E-state index in [0.717, 1.165) is 29.0 Å². The van der Waals surface area contributed by atoms with Crippen LogP contribution in [0.3, 0.4) is 0 Å². The second-order valence-corrected chi connectivity index (χ2v) is 5.88. The third kappa shape index (κ3) is 3.35. The minimum atomic E-state index is -0.940. The number of hydrogen-bond acceptors (Lipinski definition) is 4. The molecular weight excluding hydrogens is 344 g/mol. The van der Waals surface area contributed by atoms with Crippen LogP contribution in [0, 0.1) is 11.6 Å². The van der Waals surface area contributed by atoms with Gasteiger partial charge >= 0.3 is 0 Å². The lowest BCUT2D eigenvalue weighted by atomic mass is 10.2. The fourth-order valence-corrected chi connectivity index (χ4v) is 2.73. The lowest BCUT2D eigenvalue weighted by molar-refractivity contribution is 0.101. The van der Waals surface area contributed by atoms with Crippen molar-refractivity contribution in [3.8, 4) is 10.6 Å². The quantitative estimate of drug-likeness (QED) is 0.761. The second-order valence-electron chi connectivity index (χ2n) is 4.47. The largest absolute Gasteiger partial charge is 0.296 e. The van der Waals surface area contributed by atoms with Gasteiger partial charge in [-0.05, 0) is 24.3 Å². The van der Waals surface area contributed by atoms with Crippen LogP contribution in [-0.4, -0.2) is 16.1 Å². The zero-order valence-electron chi connectivity index (χ0n) is 11.4. The Kier molecular flexibility index (Phi) is 4.31. The van der Waals surface area contributed by atoms with Gasteiger partial charge in [-0.2, -0.15) is 0 Å². The molecule has 1 N–H and O–H groups in total.